The van der Waals surface area contributed by atoms with E-state index in [1.54, 1.807) is 31.2 Å². The van der Waals surface area contributed by atoms with Crippen molar-refractivity contribution in [3.63, 3.8) is 0 Å². The zero-order chi connectivity index (χ0) is 18.5. The smallest absolute Gasteiger partial charge is 0.347 e. The molecule has 0 aliphatic carbocycles. The van der Waals surface area contributed by atoms with Gasteiger partial charge in [-0.1, -0.05) is 48.5 Å². The molecule has 4 nitrogen and oxygen atoms in total. The monoisotopic (exact) mass is 351 g/mol. The lowest BCUT2D eigenvalue weighted by Crippen LogP contribution is -2.16. The zero-order valence-corrected chi connectivity index (χ0v) is 14.5. The summed E-state index contributed by atoms with van der Waals surface area (Å²) >= 11 is 0. The van der Waals surface area contributed by atoms with Crippen LogP contribution < -0.4 is 9.47 Å². The van der Waals surface area contributed by atoms with Crippen LogP contribution in [-0.2, 0) is 6.61 Å². The van der Waals surface area contributed by atoms with Crippen LogP contribution in [0.3, 0.4) is 0 Å². The lowest BCUT2D eigenvalue weighted by atomic mass is 10.1. The first-order valence-electron chi connectivity index (χ1n) is 8.17. The molecule has 0 saturated carbocycles. The van der Waals surface area contributed by atoms with E-state index < -0.39 is 11.9 Å². The van der Waals surface area contributed by atoms with Crippen LogP contribution in [0.25, 0.3) is 0 Å². The molecule has 0 fully saturated rings. The molecule has 0 radical (unpaired) electrons. The maximum Gasteiger partial charge on any atom is 0.347 e. The van der Waals surface area contributed by atoms with Crippen LogP contribution in [0.2, 0.25) is 0 Å². The predicted octanol–water partition coefficient (Wildman–Crippen LogP) is 4.64. The summed E-state index contributed by atoms with van der Waals surface area (Å²) in [5.41, 5.74) is 1.37. The van der Waals surface area contributed by atoms with Crippen molar-refractivity contribution in [1.82, 2.24) is 4.98 Å². The van der Waals surface area contributed by atoms with Gasteiger partial charge in [0.2, 0.25) is 5.95 Å². The van der Waals surface area contributed by atoms with Crippen molar-refractivity contribution in [2.75, 3.05) is 0 Å². The number of rotatable bonds is 5. The number of nitrogens with zero attached hydrogens (tertiary/aromatic N) is 1. The molecule has 0 aliphatic heterocycles. The molecule has 1 aromatic heterocycles. The molecular weight excluding hydrogens is 333 g/mol. The van der Waals surface area contributed by atoms with Crippen LogP contribution in [0.1, 0.15) is 27.2 Å². The number of halogens is 1. The molecule has 132 valence electrons. The summed E-state index contributed by atoms with van der Waals surface area (Å²) in [4.78, 5) is 16.5. The first-order chi connectivity index (χ1) is 12.6. The number of carbonyl (C=O) groups is 1. The first kappa shape index (κ1) is 17.6. The van der Waals surface area contributed by atoms with Crippen LogP contribution in [0.4, 0.5) is 4.39 Å². The highest BCUT2D eigenvalue weighted by Gasteiger charge is 2.24. The van der Waals surface area contributed by atoms with E-state index >= 15 is 0 Å². The summed E-state index contributed by atoms with van der Waals surface area (Å²) in [5.74, 6) is -0.787. The van der Waals surface area contributed by atoms with E-state index in [2.05, 4.69) is 4.98 Å². The summed E-state index contributed by atoms with van der Waals surface area (Å²) in [6.45, 7) is 3.32. The fourth-order valence-corrected chi connectivity index (χ4v) is 2.53. The fraction of sp³-hybridized carbons (Fsp3) is 0.143. The number of aryl methyl sites for hydroxylation is 1. The predicted molar refractivity (Wildman–Crippen MR) is 95.8 cm³/mol. The molecular formula is C21H18FNO3. The van der Waals surface area contributed by atoms with E-state index in [0.29, 0.717) is 11.4 Å². The number of pyridine rings is 1. The van der Waals surface area contributed by atoms with Gasteiger partial charge in [-0.3, -0.25) is 0 Å². The Morgan fingerprint density at radius 2 is 1.62 bits per heavy atom. The third kappa shape index (κ3) is 3.88. The van der Waals surface area contributed by atoms with Gasteiger partial charge in [0.1, 0.15) is 17.9 Å². The van der Waals surface area contributed by atoms with Gasteiger partial charge in [-0.2, -0.15) is 4.39 Å². The molecule has 0 saturated heterocycles. The lowest BCUT2D eigenvalue weighted by molar-refractivity contribution is 0.0727. The molecule has 1 heterocycles. The second-order valence-electron chi connectivity index (χ2n) is 5.79. The van der Waals surface area contributed by atoms with Crippen molar-refractivity contribution in [3.05, 3.63) is 89.0 Å². The van der Waals surface area contributed by atoms with Gasteiger partial charge in [0, 0.05) is 5.56 Å². The average Bonchev–Trinajstić information content (AvgIpc) is 2.65. The van der Waals surface area contributed by atoms with Gasteiger partial charge in [0.15, 0.2) is 5.75 Å². The minimum absolute atomic E-state index is 0.0507. The van der Waals surface area contributed by atoms with Gasteiger partial charge in [-0.25, -0.2) is 9.78 Å². The van der Waals surface area contributed by atoms with Crippen molar-refractivity contribution in [3.8, 4) is 11.5 Å². The van der Waals surface area contributed by atoms with Crippen LogP contribution in [0, 0.1) is 19.8 Å². The highest BCUT2D eigenvalue weighted by Crippen LogP contribution is 2.29. The largest absolute Gasteiger partial charge is 0.486 e. The number of esters is 1. The molecule has 0 amide bonds. The summed E-state index contributed by atoms with van der Waals surface area (Å²) < 4.78 is 25.3. The molecule has 0 aliphatic rings. The van der Waals surface area contributed by atoms with Gasteiger partial charge in [0.05, 0.1) is 5.69 Å². The van der Waals surface area contributed by atoms with Crippen LogP contribution in [-0.4, -0.2) is 11.0 Å². The van der Waals surface area contributed by atoms with Gasteiger partial charge < -0.3 is 9.47 Å². The SMILES string of the molecule is Cc1nc(F)c(C)c(C(=O)Oc2ccccc2)c1OCc1ccccc1. The Hall–Kier alpha value is -3.21. The fourth-order valence-electron chi connectivity index (χ4n) is 2.53. The van der Waals surface area contributed by atoms with Crippen molar-refractivity contribution < 1.29 is 18.7 Å². The molecule has 26 heavy (non-hydrogen) atoms. The van der Waals surface area contributed by atoms with Gasteiger partial charge in [0.25, 0.3) is 0 Å². The molecule has 0 atom stereocenters. The Kier molecular flexibility index (Phi) is 5.27. The third-order valence-corrected chi connectivity index (χ3v) is 3.89. The number of hydrogen-bond donors (Lipinski definition) is 0. The van der Waals surface area contributed by atoms with Crippen molar-refractivity contribution in [1.29, 1.82) is 0 Å². The van der Waals surface area contributed by atoms with Crippen LogP contribution in [0.5, 0.6) is 11.5 Å². The van der Waals surface area contributed by atoms with Gasteiger partial charge >= 0.3 is 5.97 Å². The Morgan fingerprint density at radius 1 is 1.00 bits per heavy atom. The highest BCUT2D eigenvalue weighted by atomic mass is 19.1. The summed E-state index contributed by atoms with van der Waals surface area (Å²) in [5, 5.41) is 0. The second-order valence-corrected chi connectivity index (χ2v) is 5.79. The number of benzene rings is 2. The third-order valence-electron chi connectivity index (χ3n) is 3.89. The average molecular weight is 351 g/mol. The molecule has 0 spiro atoms. The van der Waals surface area contributed by atoms with Gasteiger partial charge in [-0.15, -0.1) is 0 Å². The number of para-hydroxylation sites is 1. The van der Waals surface area contributed by atoms with E-state index in [1.165, 1.54) is 6.92 Å². The number of hydrogen-bond acceptors (Lipinski definition) is 4. The first-order valence-corrected chi connectivity index (χ1v) is 8.17. The molecule has 3 aromatic rings. The summed E-state index contributed by atoms with van der Waals surface area (Å²) in [7, 11) is 0. The molecule has 0 N–H and O–H groups in total. The maximum absolute atomic E-state index is 14.1. The Labute approximate surface area is 151 Å². The Balaban J connectivity index is 1.93. The standard InChI is InChI=1S/C21H18FNO3/c1-14-18(21(24)26-17-11-7-4-8-12-17)19(15(2)23-20(14)22)25-13-16-9-5-3-6-10-16/h3-12H,13H2,1-2H3. The van der Waals surface area contributed by atoms with Crippen molar-refractivity contribution in [2.24, 2.45) is 0 Å². The van der Waals surface area contributed by atoms with E-state index in [-0.39, 0.29) is 23.5 Å². The minimum atomic E-state index is -0.713. The number of carbonyl (C=O) groups excluding carboxylic acids is 1. The van der Waals surface area contributed by atoms with Crippen molar-refractivity contribution >= 4 is 5.97 Å². The normalized spacial score (nSPS) is 10.4. The van der Waals surface area contributed by atoms with E-state index in [1.807, 2.05) is 36.4 Å². The lowest BCUT2D eigenvalue weighted by Gasteiger charge is -2.16. The Bertz CT molecular complexity index is 912. The molecule has 3 rings (SSSR count). The second kappa shape index (κ2) is 7.78. The van der Waals surface area contributed by atoms with Crippen LogP contribution in [0.15, 0.2) is 60.7 Å². The quantitative estimate of drug-likeness (QED) is 0.382. The molecule has 0 bridgehead atoms. The molecule has 5 heteroatoms. The topological polar surface area (TPSA) is 48.4 Å². The molecule has 2 aromatic carbocycles. The summed E-state index contributed by atoms with van der Waals surface area (Å²) in [6, 6.07) is 18.1. The van der Waals surface area contributed by atoms with Gasteiger partial charge in [-0.05, 0) is 31.5 Å². The van der Waals surface area contributed by atoms with Crippen molar-refractivity contribution in [2.45, 2.75) is 20.5 Å². The molecule has 0 unspecified atom stereocenters. The zero-order valence-electron chi connectivity index (χ0n) is 14.5. The Morgan fingerprint density at radius 3 is 2.27 bits per heavy atom. The summed E-state index contributed by atoms with van der Waals surface area (Å²) in [6.07, 6.45) is 0. The van der Waals surface area contributed by atoms with E-state index in [4.69, 9.17) is 9.47 Å². The number of aromatic nitrogens is 1. The maximum atomic E-state index is 14.1. The van der Waals surface area contributed by atoms with Crippen LogP contribution >= 0.6 is 0 Å². The number of ether oxygens (including phenoxy) is 2. The minimum Gasteiger partial charge on any atom is -0.486 e. The highest BCUT2D eigenvalue weighted by molar-refractivity contribution is 5.95. The van der Waals surface area contributed by atoms with E-state index in [0.717, 1.165) is 5.56 Å². The van der Waals surface area contributed by atoms with E-state index in [9.17, 15) is 9.18 Å².